The number of alkyl halides is 2. The van der Waals surface area contributed by atoms with E-state index in [1.165, 1.54) is 29.1 Å². The Kier molecular flexibility index (Phi) is 5.73. The molecule has 0 bridgehead atoms. The van der Waals surface area contributed by atoms with Gasteiger partial charge in [-0.2, -0.15) is 4.39 Å². The molecule has 0 spiro atoms. The van der Waals surface area contributed by atoms with Crippen molar-refractivity contribution in [1.29, 1.82) is 0 Å². The minimum Gasteiger partial charge on any atom is -0.303 e. The Bertz CT molecular complexity index is 928. The molecule has 3 rings (SSSR count). The molecule has 8 nitrogen and oxygen atoms in total. The second-order valence-corrected chi connectivity index (χ2v) is 5.45. The van der Waals surface area contributed by atoms with E-state index in [0.717, 1.165) is 23.9 Å². The lowest BCUT2D eigenvalue weighted by atomic mass is 10.1. The van der Waals surface area contributed by atoms with Crippen LogP contribution in [0.15, 0.2) is 55.0 Å². The lowest BCUT2D eigenvalue weighted by Gasteiger charge is -2.16. The Morgan fingerprint density at radius 3 is 2.41 bits per heavy atom. The van der Waals surface area contributed by atoms with Crippen molar-refractivity contribution < 1.29 is 23.0 Å². The van der Waals surface area contributed by atoms with Crippen molar-refractivity contribution in [1.82, 2.24) is 9.55 Å². The average molecular weight is 382 g/mol. The monoisotopic (exact) mass is 382 g/mol. The number of hydrogen-bond donors (Lipinski definition) is 0. The standard InChI is InChI=1S/C10H8FN3O2.C6H5F2NO2/c1-7-5-13(6-12-7)10-3-2-8(14(15)16)4-9(10)11;7-5-3-1-2-4-6(5,8)9(10)11/h2-6H,1H3;1-5H. The number of nitrogens with zero attached hydrogens (tertiary/aromatic N) is 4. The fraction of sp³-hybridized carbons (Fsp3) is 0.188. The number of imidazole rings is 1. The summed E-state index contributed by atoms with van der Waals surface area (Å²) in [6.45, 7) is 1.78. The smallest absolute Gasteiger partial charge is 0.303 e. The maximum Gasteiger partial charge on any atom is 0.412 e. The summed E-state index contributed by atoms with van der Waals surface area (Å²) in [4.78, 5) is 22.5. The van der Waals surface area contributed by atoms with E-state index in [4.69, 9.17) is 0 Å². The number of nitro benzene ring substituents is 1. The van der Waals surface area contributed by atoms with Crippen LogP contribution < -0.4 is 0 Å². The van der Waals surface area contributed by atoms with Crippen molar-refractivity contribution >= 4 is 5.69 Å². The molecule has 1 aromatic heterocycles. The number of allylic oxidation sites excluding steroid dienone is 2. The first-order valence-electron chi connectivity index (χ1n) is 7.43. The second-order valence-electron chi connectivity index (χ2n) is 5.45. The van der Waals surface area contributed by atoms with Gasteiger partial charge in [-0.25, -0.2) is 13.8 Å². The van der Waals surface area contributed by atoms with Gasteiger partial charge in [0.15, 0.2) is 5.82 Å². The van der Waals surface area contributed by atoms with Crippen molar-refractivity contribution in [3.05, 3.63) is 86.8 Å². The molecule has 0 saturated carbocycles. The molecule has 1 aliphatic carbocycles. The molecule has 2 atom stereocenters. The van der Waals surface area contributed by atoms with Crippen molar-refractivity contribution in [3.63, 3.8) is 0 Å². The Balaban J connectivity index is 0.000000208. The topological polar surface area (TPSA) is 104 Å². The predicted molar refractivity (Wildman–Crippen MR) is 88.9 cm³/mol. The Morgan fingerprint density at radius 2 is 1.96 bits per heavy atom. The van der Waals surface area contributed by atoms with Crippen molar-refractivity contribution in [3.8, 4) is 5.69 Å². The number of non-ortho nitro benzene ring substituents is 1. The highest BCUT2D eigenvalue weighted by Gasteiger charge is 2.49. The number of rotatable bonds is 3. The van der Waals surface area contributed by atoms with Gasteiger partial charge in [0.1, 0.15) is 0 Å². The summed E-state index contributed by atoms with van der Waals surface area (Å²) < 4.78 is 40.4. The molecule has 0 radical (unpaired) electrons. The van der Waals surface area contributed by atoms with Crippen LogP contribution in [0.1, 0.15) is 5.69 Å². The highest BCUT2D eigenvalue weighted by Crippen LogP contribution is 2.26. The molecular weight excluding hydrogens is 369 g/mol. The zero-order valence-electron chi connectivity index (χ0n) is 13.8. The summed E-state index contributed by atoms with van der Waals surface area (Å²) in [5.41, 5.74) is 0.724. The van der Waals surface area contributed by atoms with Gasteiger partial charge in [0.25, 0.3) is 5.69 Å². The van der Waals surface area contributed by atoms with E-state index in [0.29, 0.717) is 6.08 Å². The van der Waals surface area contributed by atoms with Gasteiger partial charge < -0.3 is 4.57 Å². The molecule has 0 saturated heterocycles. The van der Waals surface area contributed by atoms with Gasteiger partial charge in [0.2, 0.25) is 6.17 Å². The molecule has 1 aliphatic rings. The fourth-order valence-corrected chi connectivity index (χ4v) is 2.11. The first kappa shape index (κ1) is 19.8. The predicted octanol–water partition coefficient (Wildman–Crippen LogP) is 3.62. The highest BCUT2D eigenvalue weighted by atomic mass is 19.2. The van der Waals surface area contributed by atoms with Gasteiger partial charge in [0, 0.05) is 18.3 Å². The summed E-state index contributed by atoms with van der Waals surface area (Å²) in [6.07, 6.45) is 4.65. The van der Waals surface area contributed by atoms with E-state index in [9.17, 15) is 33.4 Å². The van der Waals surface area contributed by atoms with E-state index in [1.807, 2.05) is 0 Å². The van der Waals surface area contributed by atoms with Gasteiger partial charge in [0.05, 0.1) is 33.6 Å². The van der Waals surface area contributed by atoms with Crippen LogP contribution in [-0.2, 0) is 0 Å². The maximum absolute atomic E-state index is 13.6. The molecule has 142 valence electrons. The zero-order chi connectivity index (χ0) is 20.2. The molecule has 11 heteroatoms. The number of nitro groups is 2. The van der Waals surface area contributed by atoms with Gasteiger partial charge in [-0.15, -0.1) is 0 Å². The minimum atomic E-state index is -3.07. The van der Waals surface area contributed by atoms with Crippen LogP contribution in [0.25, 0.3) is 5.69 Å². The molecule has 2 aromatic rings. The van der Waals surface area contributed by atoms with Gasteiger partial charge >= 0.3 is 5.79 Å². The SMILES string of the molecule is Cc1cn(-c2ccc([N+](=O)[O-])cc2F)cn1.O=[N+]([O-])C1(F)C=CC=CC1F. The van der Waals surface area contributed by atoms with Crippen LogP contribution in [0.4, 0.5) is 18.9 Å². The highest BCUT2D eigenvalue weighted by molar-refractivity contribution is 5.42. The van der Waals surface area contributed by atoms with Crippen LogP contribution in [0.5, 0.6) is 0 Å². The van der Waals surface area contributed by atoms with E-state index in [1.54, 1.807) is 13.1 Å². The first-order chi connectivity index (χ1) is 12.6. The van der Waals surface area contributed by atoms with Crippen LogP contribution >= 0.6 is 0 Å². The molecule has 0 aliphatic heterocycles. The summed E-state index contributed by atoms with van der Waals surface area (Å²) in [5, 5.41) is 20.4. The molecule has 2 unspecified atom stereocenters. The number of halogens is 3. The third-order valence-electron chi connectivity index (χ3n) is 3.52. The summed E-state index contributed by atoms with van der Waals surface area (Å²) in [5.74, 6) is -3.72. The van der Waals surface area contributed by atoms with E-state index in [2.05, 4.69) is 4.98 Å². The van der Waals surface area contributed by atoms with E-state index >= 15 is 0 Å². The van der Waals surface area contributed by atoms with Gasteiger partial charge in [-0.05, 0) is 19.1 Å². The minimum absolute atomic E-state index is 0.242. The molecule has 1 aromatic carbocycles. The van der Waals surface area contributed by atoms with Crippen LogP contribution in [0.3, 0.4) is 0 Å². The van der Waals surface area contributed by atoms with Crippen molar-refractivity contribution in [2.45, 2.75) is 18.9 Å². The lowest BCUT2D eigenvalue weighted by Crippen LogP contribution is -2.40. The van der Waals surface area contributed by atoms with E-state index < -0.39 is 27.6 Å². The van der Waals surface area contributed by atoms with E-state index in [-0.39, 0.29) is 11.4 Å². The van der Waals surface area contributed by atoms with Crippen LogP contribution in [0, 0.1) is 33.0 Å². The van der Waals surface area contributed by atoms with Gasteiger partial charge in [-0.1, -0.05) is 12.2 Å². The number of aromatic nitrogens is 2. The van der Waals surface area contributed by atoms with Crippen LogP contribution in [0.2, 0.25) is 0 Å². The quantitative estimate of drug-likeness (QED) is 0.458. The summed E-state index contributed by atoms with van der Waals surface area (Å²) in [7, 11) is 0. The third-order valence-corrected chi connectivity index (χ3v) is 3.52. The summed E-state index contributed by atoms with van der Waals surface area (Å²) >= 11 is 0. The second kappa shape index (κ2) is 7.81. The Morgan fingerprint density at radius 1 is 1.26 bits per heavy atom. The van der Waals surface area contributed by atoms with Crippen molar-refractivity contribution in [2.24, 2.45) is 0 Å². The maximum atomic E-state index is 13.6. The summed E-state index contributed by atoms with van der Waals surface area (Å²) in [6, 6.07) is 3.51. The fourth-order valence-electron chi connectivity index (χ4n) is 2.11. The molecule has 0 N–H and O–H groups in total. The Hall–Kier alpha value is -3.50. The molecular formula is C16H13F3N4O4. The zero-order valence-corrected chi connectivity index (χ0v) is 13.8. The molecule has 0 fully saturated rings. The Labute approximate surface area is 150 Å². The third kappa shape index (κ3) is 4.37. The van der Waals surface area contributed by atoms with Crippen molar-refractivity contribution in [2.75, 3.05) is 0 Å². The number of aryl methyl sites for hydroxylation is 1. The number of hydrogen-bond acceptors (Lipinski definition) is 5. The molecule has 0 amide bonds. The lowest BCUT2D eigenvalue weighted by molar-refractivity contribution is -0.596. The van der Waals surface area contributed by atoms with Gasteiger partial charge in [-0.3, -0.25) is 20.2 Å². The normalized spacial score (nSPS) is 20.7. The number of benzene rings is 1. The molecule has 27 heavy (non-hydrogen) atoms. The molecule has 1 heterocycles. The first-order valence-corrected chi connectivity index (χ1v) is 7.43. The average Bonchev–Trinajstić information content (AvgIpc) is 3.04. The largest absolute Gasteiger partial charge is 0.412 e. The van der Waals surface area contributed by atoms with Crippen LogP contribution in [-0.4, -0.2) is 31.4 Å².